The van der Waals surface area contributed by atoms with E-state index in [1.807, 2.05) is 0 Å². The summed E-state index contributed by atoms with van der Waals surface area (Å²) in [6, 6.07) is 0. The van der Waals surface area contributed by atoms with E-state index in [1.165, 1.54) is 12.8 Å². The molecular formula is C11H23NO. The fraction of sp³-hybridized carbons (Fsp3) is 1.00. The molecule has 0 spiro atoms. The zero-order valence-electron chi connectivity index (χ0n) is 9.61. The van der Waals surface area contributed by atoms with Gasteiger partial charge in [0.05, 0.1) is 11.7 Å². The average Bonchev–Trinajstić information content (AvgIpc) is 2.24. The van der Waals surface area contributed by atoms with Crippen molar-refractivity contribution < 1.29 is 4.74 Å². The highest BCUT2D eigenvalue weighted by Gasteiger charge is 2.31. The Labute approximate surface area is 82.0 Å². The van der Waals surface area contributed by atoms with E-state index < -0.39 is 0 Å². The second-order valence-electron chi connectivity index (χ2n) is 5.67. The molecule has 1 fully saturated rings. The summed E-state index contributed by atoms with van der Waals surface area (Å²) in [5.41, 5.74) is 0.306. The van der Waals surface area contributed by atoms with Gasteiger partial charge < -0.3 is 10.1 Å². The Bertz CT molecular complexity index is 169. The molecule has 0 bridgehead atoms. The predicted octanol–water partition coefficient (Wildman–Crippen LogP) is 2.33. The van der Waals surface area contributed by atoms with Crippen molar-refractivity contribution in [1.82, 2.24) is 5.32 Å². The molecule has 2 nitrogen and oxygen atoms in total. The lowest BCUT2D eigenvalue weighted by Gasteiger charge is -2.24. The summed E-state index contributed by atoms with van der Waals surface area (Å²) in [4.78, 5) is 0. The molecule has 78 valence electrons. The second kappa shape index (κ2) is 3.58. The van der Waals surface area contributed by atoms with Crippen molar-refractivity contribution in [2.75, 3.05) is 6.54 Å². The maximum atomic E-state index is 5.88. The van der Waals surface area contributed by atoms with Crippen LogP contribution in [0.25, 0.3) is 0 Å². The lowest BCUT2D eigenvalue weighted by molar-refractivity contribution is -0.0162. The van der Waals surface area contributed by atoms with Crippen molar-refractivity contribution in [1.29, 1.82) is 0 Å². The van der Waals surface area contributed by atoms with E-state index in [4.69, 9.17) is 4.74 Å². The van der Waals surface area contributed by atoms with Gasteiger partial charge in [0.1, 0.15) is 0 Å². The molecule has 13 heavy (non-hydrogen) atoms. The van der Waals surface area contributed by atoms with Crippen LogP contribution in [0.15, 0.2) is 0 Å². The summed E-state index contributed by atoms with van der Waals surface area (Å²) in [6.45, 7) is 11.9. The quantitative estimate of drug-likeness (QED) is 0.713. The lowest BCUT2D eigenvalue weighted by Crippen LogP contribution is -2.41. The third kappa shape index (κ3) is 4.10. The molecule has 0 radical (unpaired) electrons. The van der Waals surface area contributed by atoms with Crippen LogP contribution < -0.4 is 5.32 Å². The summed E-state index contributed by atoms with van der Waals surface area (Å²) in [7, 11) is 0. The van der Waals surface area contributed by atoms with Crippen LogP contribution in [0.4, 0.5) is 0 Å². The maximum absolute atomic E-state index is 5.88. The molecule has 1 N–H and O–H groups in total. The van der Waals surface area contributed by atoms with Crippen LogP contribution in [0.3, 0.4) is 0 Å². The molecule has 2 heteroatoms. The molecular weight excluding hydrogens is 162 g/mol. The van der Waals surface area contributed by atoms with Gasteiger partial charge in [-0.25, -0.2) is 0 Å². The minimum Gasteiger partial charge on any atom is -0.371 e. The highest BCUT2D eigenvalue weighted by Crippen LogP contribution is 2.28. The molecule has 1 saturated heterocycles. The van der Waals surface area contributed by atoms with Crippen LogP contribution in [0.5, 0.6) is 0 Å². The molecule has 1 heterocycles. The van der Waals surface area contributed by atoms with Crippen molar-refractivity contribution in [2.45, 2.75) is 64.7 Å². The highest BCUT2D eigenvalue weighted by molar-refractivity contribution is 4.83. The standard InChI is InChI=1S/C11H23NO/c1-10(2,3)12-8-9-6-7-11(4,5)13-9/h9,12H,6-8H2,1-5H3. The fourth-order valence-electron chi connectivity index (χ4n) is 1.64. The molecule has 1 rings (SSSR count). The zero-order chi connectivity index (χ0) is 10.1. The van der Waals surface area contributed by atoms with Crippen LogP contribution in [0, 0.1) is 0 Å². The first-order valence-corrected chi connectivity index (χ1v) is 5.21. The molecule has 1 atom stereocenters. The zero-order valence-corrected chi connectivity index (χ0v) is 9.61. The second-order valence-corrected chi connectivity index (χ2v) is 5.67. The molecule has 1 aliphatic rings. The first-order chi connectivity index (χ1) is 5.79. The topological polar surface area (TPSA) is 21.3 Å². The van der Waals surface area contributed by atoms with E-state index in [2.05, 4.69) is 39.9 Å². The summed E-state index contributed by atoms with van der Waals surface area (Å²) in [5.74, 6) is 0. The molecule has 0 amide bonds. The predicted molar refractivity (Wildman–Crippen MR) is 55.9 cm³/mol. The van der Waals surface area contributed by atoms with Crippen LogP contribution in [0.1, 0.15) is 47.5 Å². The Hall–Kier alpha value is -0.0800. The Balaban J connectivity index is 2.25. The van der Waals surface area contributed by atoms with Crippen molar-refractivity contribution >= 4 is 0 Å². The molecule has 0 aromatic heterocycles. The van der Waals surface area contributed by atoms with E-state index in [1.54, 1.807) is 0 Å². The molecule has 0 aliphatic carbocycles. The summed E-state index contributed by atoms with van der Waals surface area (Å²) < 4.78 is 5.88. The average molecular weight is 185 g/mol. The number of nitrogens with one attached hydrogen (secondary N) is 1. The van der Waals surface area contributed by atoms with Crippen LogP contribution >= 0.6 is 0 Å². The van der Waals surface area contributed by atoms with Gasteiger partial charge in [0, 0.05) is 12.1 Å². The number of rotatable bonds is 2. The molecule has 0 aromatic rings. The first-order valence-electron chi connectivity index (χ1n) is 5.21. The normalized spacial score (nSPS) is 27.9. The number of ether oxygens (including phenoxy) is 1. The summed E-state index contributed by atoms with van der Waals surface area (Å²) in [6.07, 6.45) is 2.79. The third-order valence-electron chi connectivity index (χ3n) is 2.41. The van der Waals surface area contributed by atoms with Gasteiger partial charge in [-0.2, -0.15) is 0 Å². The van der Waals surface area contributed by atoms with E-state index in [0.29, 0.717) is 6.10 Å². The van der Waals surface area contributed by atoms with Gasteiger partial charge in [0.2, 0.25) is 0 Å². The van der Waals surface area contributed by atoms with Crippen molar-refractivity contribution in [3.63, 3.8) is 0 Å². The van der Waals surface area contributed by atoms with E-state index in [0.717, 1.165) is 6.54 Å². The summed E-state index contributed by atoms with van der Waals surface area (Å²) >= 11 is 0. The molecule has 0 saturated carbocycles. The van der Waals surface area contributed by atoms with Gasteiger partial charge in [0.25, 0.3) is 0 Å². The Morgan fingerprint density at radius 3 is 2.38 bits per heavy atom. The van der Waals surface area contributed by atoms with Gasteiger partial charge in [-0.05, 0) is 47.5 Å². The lowest BCUT2D eigenvalue weighted by atomic mass is 10.0. The fourth-order valence-corrected chi connectivity index (χ4v) is 1.64. The summed E-state index contributed by atoms with van der Waals surface area (Å²) in [5, 5.41) is 3.48. The van der Waals surface area contributed by atoms with Gasteiger partial charge in [-0.15, -0.1) is 0 Å². The smallest absolute Gasteiger partial charge is 0.0707 e. The number of hydrogen-bond acceptors (Lipinski definition) is 2. The molecule has 1 aliphatic heterocycles. The van der Waals surface area contributed by atoms with Crippen LogP contribution in [-0.2, 0) is 4.74 Å². The molecule has 1 unspecified atom stereocenters. The Morgan fingerprint density at radius 1 is 1.38 bits per heavy atom. The Morgan fingerprint density at radius 2 is 2.00 bits per heavy atom. The van der Waals surface area contributed by atoms with E-state index >= 15 is 0 Å². The number of hydrogen-bond donors (Lipinski definition) is 1. The van der Waals surface area contributed by atoms with Crippen molar-refractivity contribution in [3.8, 4) is 0 Å². The third-order valence-corrected chi connectivity index (χ3v) is 2.41. The van der Waals surface area contributed by atoms with Gasteiger partial charge in [0.15, 0.2) is 0 Å². The van der Waals surface area contributed by atoms with Crippen LogP contribution in [-0.4, -0.2) is 23.8 Å². The SMILES string of the molecule is CC(C)(C)NCC1CCC(C)(C)O1. The van der Waals surface area contributed by atoms with Gasteiger partial charge >= 0.3 is 0 Å². The largest absolute Gasteiger partial charge is 0.371 e. The van der Waals surface area contributed by atoms with E-state index in [9.17, 15) is 0 Å². The Kier molecular flexibility index (Phi) is 3.03. The minimum atomic E-state index is 0.101. The minimum absolute atomic E-state index is 0.101. The van der Waals surface area contributed by atoms with Crippen LogP contribution in [0.2, 0.25) is 0 Å². The monoisotopic (exact) mass is 185 g/mol. The first kappa shape index (κ1) is 11.0. The van der Waals surface area contributed by atoms with Crippen molar-refractivity contribution in [3.05, 3.63) is 0 Å². The van der Waals surface area contributed by atoms with Gasteiger partial charge in [-0.3, -0.25) is 0 Å². The highest BCUT2D eigenvalue weighted by atomic mass is 16.5. The van der Waals surface area contributed by atoms with Crippen molar-refractivity contribution in [2.24, 2.45) is 0 Å². The van der Waals surface area contributed by atoms with Gasteiger partial charge in [-0.1, -0.05) is 0 Å². The van der Waals surface area contributed by atoms with E-state index in [-0.39, 0.29) is 11.1 Å². The molecule has 0 aromatic carbocycles. The maximum Gasteiger partial charge on any atom is 0.0707 e.